The largest absolute Gasteiger partial charge is 0.493 e. The van der Waals surface area contributed by atoms with Crippen LogP contribution in [0.5, 0.6) is 11.5 Å². The number of hydrogen-bond donors (Lipinski definition) is 1. The lowest BCUT2D eigenvalue weighted by molar-refractivity contribution is 0.281. The van der Waals surface area contributed by atoms with E-state index in [1.165, 1.54) is 0 Å². The molecule has 0 heterocycles. The lowest BCUT2D eigenvalue weighted by Gasteiger charge is -2.11. The molecule has 1 aliphatic carbocycles. The highest BCUT2D eigenvalue weighted by molar-refractivity contribution is 5.43. The molecule has 0 unspecified atom stereocenters. The van der Waals surface area contributed by atoms with Gasteiger partial charge >= 0.3 is 0 Å². The molecule has 1 fully saturated rings. The third-order valence-corrected chi connectivity index (χ3v) is 2.45. The van der Waals surface area contributed by atoms with Crippen LogP contribution in [0.2, 0.25) is 0 Å². The molecule has 0 radical (unpaired) electrons. The molecule has 15 heavy (non-hydrogen) atoms. The average molecular weight is 208 g/mol. The fraction of sp³-hybridized carbons (Fsp3) is 0.500. The van der Waals surface area contributed by atoms with Crippen LogP contribution in [0.4, 0.5) is 0 Å². The van der Waals surface area contributed by atoms with Crippen LogP contribution < -0.4 is 9.47 Å². The highest BCUT2D eigenvalue weighted by Gasteiger charge is 2.24. The predicted octanol–water partition coefficient (Wildman–Crippen LogP) is 1.77. The minimum Gasteiger partial charge on any atom is -0.493 e. The third-order valence-electron chi connectivity index (χ3n) is 2.45. The minimum atomic E-state index is 0.159. The fourth-order valence-corrected chi connectivity index (χ4v) is 1.46. The number of hydrogen-bond acceptors (Lipinski definition) is 3. The molecule has 1 aliphatic rings. The molecular weight excluding hydrogens is 192 g/mol. The molecule has 3 nitrogen and oxygen atoms in total. The normalized spacial score (nSPS) is 15.1. The summed E-state index contributed by atoms with van der Waals surface area (Å²) in [5.74, 6) is 1.56. The molecular formula is C12H16O3. The zero-order valence-electron chi connectivity index (χ0n) is 8.90. The van der Waals surface area contributed by atoms with Crippen LogP contribution in [0, 0.1) is 0 Å². The van der Waals surface area contributed by atoms with Gasteiger partial charge in [0.15, 0.2) is 11.5 Å². The van der Waals surface area contributed by atoms with E-state index in [2.05, 4.69) is 0 Å². The van der Waals surface area contributed by atoms with E-state index >= 15 is 0 Å². The second-order valence-electron chi connectivity index (χ2n) is 3.78. The smallest absolute Gasteiger partial charge is 0.161 e. The maximum absolute atomic E-state index is 8.84. The Balaban J connectivity index is 2.14. The van der Waals surface area contributed by atoms with Crippen molar-refractivity contribution in [1.29, 1.82) is 0 Å². The van der Waals surface area contributed by atoms with Gasteiger partial charge in [-0.05, 0) is 37.0 Å². The van der Waals surface area contributed by atoms with E-state index in [1.54, 1.807) is 7.11 Å². The summed E-state index contributed by atoms with van der Waals surface area (Å²) in [6, 6.07) is 5.81. The summed E-state index contributed by atoms with van der Waals surface area (Å²) in [5, 5.41) is 8.84. The Hall–Kier alpha value is -1.22. The van der Waals surface area contributed by atoms with Crippen LogP contribution in [0.3, 0.4) is 0 Å². The SMILES string of the molecule is COc1cc(CCO)ccc1OC1CC1. The van der Waals surface area contributed by atoms with Crippen molar-refractivity contribution in [3.63, 3.8) is 0 Å². The van der Waals surface area contributed by atoms with E-state index in [0.717, 1.165) is 29.9 Å². The Morgan fingerprint density at radius 1 is 1.33 bits per heavy atom. The summed E-state index contributed by atoms with van der Waals surface area (Å²) in [6.45, 7) is 0.159. The van der Waals surface area contributed by atoms with Crippen LogP contribution in [-0.4, -0.2) is 24.9 Å². The highest BCUT2D eigenvalue weighted by Crippen LogP contribution is 2.34. The van der Waals surface area contributed by atoms with Gasteiger partial charge in [0.1, 0.15) is 0 Å². The zero-order chi connectivity index (χ0) is 10.7. The van der Waals surface area contributed by atoms with Crippen molar-refractivity contribution < 1.29 is 14.6 Å². The molecule has 82 valence electrons. The van der Waals surface area contributed by atoms with Gasteiger partial charge in [0.05, 0.1) is 13.2 Å². The Morgan fingerprint density at radius 2 is 2.13 bits per heavy atom. The number of methoxy groups -OCH3 is 1. The first kappa shape index (κ1) is 10.3. The van der Waals surface area contributed by atoms with Crippen LogP contribution in [0.15, 0.2) is 18.2 Å². The molecule has 2 rings (SSSR count). The first-order valence-corrected chi connectivity index (χ1v) is 5.28. The van der Waals surface area contributed by atoms with Crippen molar-refractivity contribution in [3.05, 3.63) is 23.8 Å². The van der Waals surface area contributed by atoms with E-state index in [9.17, 15) is 0 Å². The molecule has 1 saturated carbocycles. The van der Waals surface area contributed by atoms with E-state index in [4.69, 9.17) is 14.6 Å². The van der Waals surface area contributed by atoms with Gasteiger partial charge in [0.2, 0.25) is 0 Å². The minimum absolute atomic E-state index is 0.159. The van der Waals surface area contributed by atoms with Crippen LogP contribution >= 0.6 is 0 Å². The quantitative estimate of drug-likeness (QED) is 0.801. The molecule has 0 spiro atoms. The second-order valence-corrected chi connectivity index (χ2v) is 3.78. The topological polar surface area (TPSA) is 38.7 Å². The van der Waals surface area contributed by atoms with Gasteiger partial charge in [-0.25, -0.2) is 0 Å². The van der Waals surface area contributed by atoms with Crippen molar-refractivity contribution in [3.8, 4) is 11.5 Å². The Labute approximate surface area is 89.6 Å². The number of benzene rings is 1. The molecule has 0 atom stereocenters. The molecule has 0 bridgehead atoms. The molecule has 1 aromatic rings. The van der Waals surface area contributed by atoms with E-state index in [1.807, 2.05) is 18.2 Å². The number of aliphatic hydroxyl groups excluding tert-OH is 1. The first-order chi connectivity index (χ1) is 7.33. The first-order valence-electron chi connectivity index (χ1n) is 5.28. The molecule has 0 aromatic heterocycles. The number of rotatable bonds is 5. The van der Waals surface area contributed by atoms with Gasteiger partial charge in [-0.2, -0.15) is 0 Å². The van der Waals surface area contributed by atoms with Gasteiger partial charge in [-0.1, -0.05) is 6.07 Å². The predicted molar refractivity (Wildman–Crippen MR) is 57.4 cm³/mol. The van der Waals surface area contributed by atoms with Crippen molar-refractivity contribution in [2.75, 3.05) is 13.7 Å². The maximum Gasteiger partial charge on any atom is 0.161 e. The zero-order valence-corrected chi connectivity index (χ0v) is 8.90. The second kappa shape index (κ2) is 4.53. The van der Waals surface area contributed by atoms with Gasteiger partial charge < -0.3 is 14.6 Å². The van der Waals surface area contributed by atoms with Crippen LogP contribution in [0.1, 0.15) is 18.4 Å². The maximum atomic E-state index is 8.84. The Bertz CT molecular complexity index is 332. The van der Waals surface area contributed by atoms with Gasteiger partial charge in [-0.3, -0.25) is 0 Å². The van der Waals surface area contributed by atoms with E-state index < -0.39 is 0 Å². The Morgan fingerprint density at radius 3 is 2.73 bits per heavy atom. The van der Waals surface area contributed by atoms with Crippen molar-refractivity contribution in [2.24, 2.45) is 0 Å². The van der Waals surface area contributed by atoms with Crippen molar-refractivity contribution in [2.45, 2.75) is 25.4 Å². The molecule has 3 heteroatoms. The van der Waals surface area contributed by atoms with Gasteiger partial charge in [0, 0.05) is 6.61 Å². The molecule has 0 amide bonds. The van der Waals surface area contributed by atoms with Crippen LogP contribution in [0.25, 0.3) is 0 Å². The highest BCUT2D eigenvalue weighted by atomic mass is 16.5. The summed E-state index contributed by atoms with van der Waals surface area (Å²) in [6.07, 6.45) is 3.31. The number of aliphatic hydroxyl groups is 1. The summed E-state index contributed by atoms with van der Waals surface area (Å²) in [5.41, 5.74) is 1.07. The summed E-state index contributed by atoms with van der Waals surface area (Å²) in [4.78, 5) is 0. The van der Waals surface area contributed by atoms with Gasteiger partial charge in [0.25, 0.3) is 0 Å². The lowest BCUT2D eigenvalue weighted by atomic mass is 10.1. The van der Waals surface area contributed by atoms with Crippen molar-refractivity contribution >= 4 is 0 Å². The van der Waals surface area contributed by atoms with E-state index in [0.29, 0.717) is 12.5 Å². The fourth-order valence-electron chi connectivity index (χ4n) is 1.46. The average Bonchev–Trinajstić information content (AvgIpc) is 3.04. The van der Waals surface area contributed by atoms with Crippen molar-refractivity contribution in [1.82, 2.24) is 0 Å². The monoisotopic (exact) mass is 208 g/mol. The van der Waals surface area contributed by atoms with Crippen LogP contribution in [-0.2, 0) is 6.42 Å². The lowest BCUT2D eigenvalue weighted by Crippen LogP contribution is -1.99. The summed E-state index contributed by atoms with van der Waals surface area (Å²) < 4.78 is 10.9. The summed E-state index contributed by atoms with van der Waals surface area (Å²) in [7, 11) is 1.64. The Kier molecular flexibility index (Phi) is 3.11. The molecule has 0 aliphatic heterocycles. The standard InChI is InChI=1S/C12H16O3/c1-14-12-8-9(6-7-13)2-5-11(12)15-10-3-4-10/h2,5,8,10,13H,3-4,6-7H2,1H3. The number of ether oxygens (including phenoxy) is 2. The third kappa shape index (κ3) is 2.63. The summed E-state index contributed by atoms with van der Waals surface area (Å²) >= 11 is 0. The molecule has 1 aromatic carbocycles. The molecule has 1 N–H and O–H groups in total. The van der Waals surface area contributed by atoms with Gasteiger partial charge in [-0.15, -0.1) is 0 Å². The molecule has 0 saturated heterocycles. The van der Waals surface area contributed by atoms with E-state index in [-0.39, 0.29) is 6.61 Å².